The molecule has 0 aliphatic heterocycles. The van der Waals surface area contributed by atoms with Crippen molar-refractivity contribution in [3.63, 3.8) is 0 Å². The normalized spacial score (nSPS) is 12.4. The average Bonchev–Trinajstić information content (AvgIpc) is 2.10. The van der Waals surface area contributed by atoms with E-state index in [9.17, 15) is 21.6 Å². The number of hydrogen-bond acceptors (Lipinski definition) is 2. The molecule has 0 amide bonds. The third-order valence-electron chi connectivity index (χ3n) is 18.5. The zero-order chi connectivity index (χ0) is 62.8. The molecule has 1 aliphatic carbocycles. The Balaban J connectivity index is 0.000000153. The van der Waals surface area contributed by atoms with Crippen LogP contribution in [-0.4, -0.2) is 14.6 Å². The summed E-state index contributed by atoms with van der Waals surface area (Å²) in [6, 6.07) is 65.7. The molecule has 0 atom stereocenters. The van der Waals surface area contributed by atoms with Gasteiger partial charge in [-0.2, -0.15) is 13.2 Å². The van der Waals surface area contributed by atoms with Gasteiger partial charge in [-0.25, -0.2) is 8.42 Å². The van der Waals surface area contributed by atoms with Crippen LogP contribution in [0.1, 0.15) is 129 Å². The minimum absolute atomic E-state index is 0.284. The van der Waals surface area contributed by atoms with E-state index in [1.165, 1.54) is 95.9 Å². The molecule has 11 rings (SSSR count). The average molecular weight is 1170 g/mol. The lowest BCUT2D eigenvalue weighted by atomic mass is 9.67. The standard InChI is InChI=1S/C29H26.C19H21F3.C16H18O2S.C16H18/c1-19-13-15-23(17-21(19)3)29(24-16-14-20(2)22(4)18-24)27-11-7-5-9-25(27)26-10-6-8-12-28(26)29;1-12-6-8-16(10-14(12)3)18(5,19(20,21)22)17-9-7-13(2)15(4)11-17;1-11-5-7-15(9-13(11)3)19(17,18)16-8-6-12(2)14(4)10-16;1-11-5-7-15(9-13(11)3)16-8-6-12(2)14(4)10-16/h5-18H,1-4H3;6-11H,1-5H3;5-10H,1-4H3;5-10H,1-4H3. The molecule has 0 saturated carbocycles. The highest BCUT2D eigenvalue weighted by molar-refractivity contribution is 7.91. The van der Waals surface area contributed by atoms with E-state index in [0.717, 1.165) is 44.5 Å². The summed E-state index contributed by atoms with van der Waals surface area (Å²) in [5, 5.41) is 0. The second-order valence-electron chi connectivity index (χ2n) is 24.3. The van der Waals surface area contributed by atoms with Crippen LogP contribution in [0, 0.1) is 111 Å². The van der Waals surface area contributed by atoms with Crippen molar-refractivity contribution in [1.29, 1.82) is 0 Å². The Kier molecular flexibility index (Phi) is 19.0. The summed E-state index contributed by atoms with van der Waals surface area (Å²) in [6.07, 6.45) is -4.36. The first-order chi connectivity index (χ1) is 40.5. The van der Waals surface area contributed by atoms with Crippen LogP contribution in [0.4, 0.5) is 13.2 Å². The number of aryl methyl sites for hydroxylation is 16. The number of benzene rings is 10. The first kappa shape index (κ1) is 63.9. The van der Waals surface area contributed by atoms with Crippen LogP contribution in [0.3, 0.4) is 0 Å². The van der Waals surface area contributed by atoms with Crippen LogP contribution in [0.2, 0.25) is 0 Å². The second-order valence-corrected chi connectivity index (χ2v) is 26.2. The quantitative estimate of drug-likeness (QED) is 0.159. The molecule has 86 heavy (non-hydrogen) atoms. The molecule has 2 nitrogen and oxygen atoms in total. The maximum absolute atomic E-state index is 13.9. The third kappa shape index (κ3) is 12.7. The highest BCUT2D eigenvalue weighted by Gasteiger charge is 2.53. The fraction of sp³-hybridized carbons (Fsp3) is 0.250. The van der Waals surface area contributed by atoms with Crippen molar-refractivity contribution in [3.05, 3.63) is 317 Å². The molecule has 0 N–H and O–H groups in total. The van der Waals surface area contributed by atoms with E-state index >= 15 is 0 Å². The predicted molar refractivity (Wildman–Crippen MR) is 355 cm³/mol. The first-order valence-electron chi connectivity index (χ1n) is 29.6. The molecule has 0 aromatic heterocycles. The molecule has 0 heterocycles. The number of halogens is 3. The first-order valence-corrected chi connectivity index (χ1v) is 31.1. The zero-order valence-electron chi connectivity index (χ0n) is 53.3. The van der Waals surface area contributed by atoms with Crippen molar-refractivity contribution in [3.8, 4) is 22.3 Å². The Labute approximate surface area is 511 Å². The van der Waals surface area contributed by atoms with Gasteiger partial charge in [0.2, 0.25) is 9.84 Å². The summed E-state index contributed by atoms with van der Waals surface area (Å²) < 4.78 is 66.9. The van der Waals surface area contributed by atoms with Crippen molar-refractivity contribution in [1.82, 2.24) is 0 Å². The summed E-state index contributed by atoms with van der Waals surface area (Å²) in [4.78, 5) is 0.720. The highest BCUT2D eigenvalue weighted by atomic mass is 32.2. The zero-order valence-corrected chi connectivity index (χ0v) is 54.2. The largest absolute Gasteiger partial charge is 0.402 e. The monoisotopic (exact) mass is 1160 g/mol. The van der Waals surface area contributed by atoms with E-state index < -0.39 is 21.4 Å². The topological polar surface area (TPSA) is 34.1 Å². The molecule has 6 heteroatoms. The summed E-state index contributed by atoms with van der Waals surface area (Å²) in [7, 11) is -3.42. The van der Waals surface area contributed by atoms with Gasteiger partial charge in [0, 0.05) is 0 Å². The van der Waals surface area contributed by atoms with Gasteiger partial charge in [-0.1, -0.05) is 170 Å². The molecule has 0 unspecified atom stereocenters. The number of fused-ring (bicyclic) bond motifs is 3. The van der Waals surface area contributed by atoms with Gasteiger partial charge < -0.3 is 0 Å². The van der Waals surface area contributed by atoms with Crippen LogP contribution in [0.5, 0.6) is 0 Å². The molecule has 1 aliphatic rings. The van der Waals surface area contributed by atoms with E-state index in [2.05, 4.69) is 177 Å². The molecule has 0 bridgehead atoms. The number of hydrogen-bond donors (Lipinski definition) is 0. The van der Waals surface area contributed by atoms with Gasteiger partial charge in [0.15, 0.2) is 0 Å². The lowest BCUT2D eigenvalue weighted by Gasteiger charge is -2.34. The van der Waals surface area contributed by atoms with Gasteiger partial charge in [-0.05, 0) is 287 Å². The Morgan fingerprint density at radius 2 is 0.581 bits per heavy atom. The van der Waals surface area contributed by atoms with Crippen LogP contribution < -0.4 is 0 Å². The lowest BCUT2D eigenvalue weighted by Crippen LogP contribution is -2.40. The predicted octanol–water partition coefficient (Wildman–Crippen LogP) is 21.4. The van der Waals surface area contributed by atoms with E-state index in [1.807, 2.05) is 67.5 Å². The minimum atomic E-state index is -4.36. The highest BCUT2D eigenvalue weighted by Crippen LogP contribution is 2.56. The van der Waals surface area contributed by atoms with Gasteiger partial charge in [0.25, 0.3) is 0 Å². The summed E-state index contributed by atoms with van der Waals surface area (Å²) in [5.41, 5.74) is 27.7. The van der Waals surface area contributed by atoms with Gasteiger partial charge >= 0.3 is 6.18 Å². The smallest absolute Gasteiger partial charge is 0.219 e. The lowest BCUT2D eigenvalue weighted by molar-refractivity contribution is -0.173. The molecule has 0 saturated heterocycles. The fourth-order valence-corrected chi connectivity index (χ4v) is 12.7. The van der Waals surface area contributed by atoms with Gasteiger partial charge in [0.1, 0.15) is 5.41 Å². The molecule has 0 spiro atoms. The SMILES string of the molecule is Cc1ccc(-c2ccc(C)c(C)c2)cc1C.Cc1ccc(C(C)(c2ccc(C)c(C)c2)C(F)(F)F)cc1C.Cc1ccc(C2(c3ccc(C)c(C)c3)c3ccccc3-c3ccccc32)cc1C.Cc1ccc(S(=O)(=O)c2ccc(C)c(C)c2)cc1C. The van der Waals surface area contributed by atoms with Crippen LogP contribution in [-0.2, 0) is 20.7 Å². The van der Waals surface area contributed by atoms with Crippen molar-refractivity contribution < 1.29 is 21.6 Å². The van der Waals surface area contributed by atoms with E-state index in [-0.39, 0.29) is 16.5 Å². The Morgan fingerprint density at radius 3 is 0.884 bits per heavy atom. The second kappa shape index (κ2) is 25.5. The van der Waals surface area contributed by atoms with Gasteiger partial charge in [-0.3, -0.25) is 0 Å². The van der Waals surface area contributed by atoms with E-state index in [4.69, 9.17) is 0 Å². The molecule has 10 aromatic rings. The van der Waals surface area contributed by atoms with Gasteiger partial charge in [-0.15, -0.1) is 0 Å². The molecule has 0 fully saturated rings. The van der Waals surface area contributed by atoms with Crippen LogP contribution in [0.15, 0.2) is 204 Å². The van der Waals surface area contributed by atoms with E-state index in [1.54, 1.807) is 60.7 Å². The minimum Gasteiger partial charge on any atom is -0.219 e. The number of alkyl halides is 3. The maximum Gasteiger partial charge on any atom is 0.402 e. The van der Waals surface area contributed by atoms with Crippen LogP contribution >= 0.6 is 0 Å². The summed E-state index contributed by atoms with van der Waals surface area (Å²) >= 11 is 0. The maximum atomic E-state index is 13.9. The van der Waals surface area contributed by atoms with Crippen molar-refractivity contribution in [2.75, 3.05) is 0 Å². The van der Waals surface area contributed by atoms with Crippen molar-refractivity contribution in [2.24, 2.45) is 0 Å². The molecular formula is C80H83F3O2S. The van der Waals surface area contributed by atoms with Crippen molar-refractivity contribution in [2.45, 2.75) is 145 Å². The Morgan fingerprint density at radius 1 is 0.302 bits per heavy atom. The summed E-state index contributed by atoms with van der Waals surface area (Å²) in [5.74, 6) is 0. The Bertz CT molecular complexity index is 4020. The van der Waals surface area contributed by atoms with Crippen molar-refractivity contribution >= 4 is 9.84 Å². The number of rotatable bonds is 7. The molecule has 0 radical (unpaired) electrons. The van der Waals surface area contributed by atoms with E-state index in [0.29, 0.717) is 9.79 Å². The third-order valence-corrected chi connectivity index (χ3v) is 20.2. The fourth-order valence-electron chi connectivity index (χ4n) is 11.3. The number of sulfone groups is 1. The molecule has 442 valence electrons. The van der Waals surface area contributed by atoms with Crippen LogP contribution in [0.25, 0.3) is 22.3 Å². The summed E-state index contributed by atoms with van der Waals surface area (Å²) in [6.45, 7) is 34.0. The molecular weight excluding hydrogens is 1080 g/mol. The molecule has 10 aromatic carbocycles. The van der Waals surface area contributed by atoms with Gasteiger partial charge in [0.05, 0.1) is 15.2 Å². The Hall–Kier alpha value is -8.06.